The second kappa shape index (κ2) is 10.4. The zero-order chi connectivity index (χ0) is 22.1. The van der Waals surface area contributed by atoms with Crippen LogP contribution in [0.1, 0.15) is 43.9 Å². The van der Waals surface area contributed by atoms with Gasteiger partial charge in [-0.25, -0.2) is 9.59 Å². The number of aliphatic carboxylic acids is 2. The minimum atomic E-state index is -1.82. The minimum absolute atomic E-state index is 0.0905. The van der Waals surface area contributed by atoms with Crippen molar-refractivity contribution >= 4 is 23.7 Å². The molecule has 0 aromatic heterocycles. The highest BCUT2D eigenvalue weighted by Gasteiger charge is 2.26. The monoisotopic (exact) mass is 409 g/mol. The van der Waals surface area contributed by atoms with Crippen LogP contribution in [0.5, 0.6) is 5.75 Å². The third kappa shape index (κ3) is 6.88. The number of carbonyl (C=O) groups is 2. The molecule has 1 heterocycles. The van der Waals surface area contributed by atoms with Crippen LogP contribution in [0.3, 0.4) is 0 Å². The van der Waals surface area contributed by atoms with E-state index in [2.05, 4.69) is 75.4 Å². The molecule has 6 nitrogen and oxygen atoms in total. The van der Waals surface area contributed by atoms with Crippen LogP contribution in [0, 0.1) is 0 Å². The third-order valence-corrected chi connectivity index (χ3v) is 4.29. The van der Waals surface area contributed by atoms with Crippen LogP contribution in [0.2, 0.25) is 0 Å². The molecule has 0 bridgehead atoms. The van der Waals surface area contributed by atoms with Gasteiger partial charge in [-0.1, -0.05) is 43.3 Å². The molecule has 0 unspecified atom stereocenters. The molecule has 0 fully saturated rings. The molecule has 3 rings (SSSR count). The molecule has 158 valence electrons. The molecule has 2 aromatic carbocycles. The van der Waals surface area contributed by atoms with Gasteiger partial charge in [0, 0.05) is 5.56 Å². The quantitative estimate of drug-likeness (QED) is 0.711. The van der Waals surface area contributed by atoms with Gasteiger partial charge in [-0.05, 0) is 62.1 Å². The Bertz CT molecular complexity index is 933. The van der Waals surface area contributed by atoms with Gasteiger partial charge >= 0.3 is 11.9 Å². The van der Waals surface area contributed by atoms with E-state index in [9.17, 15) is 0 Å². The summed E-state index contributed by atoms with van der Waals surface area (Å²) in [7, 11) is 0. The third-order valence-electron chi connectivity index (χ3n) is 4.29. The molecule has 6 heteroatoms. The Morgan fingerprint density at radius 1 is 1.07 bits per heavy atom. The fourth-order valence-corrected chi connectivity index (χ4v) is 3.03. The Balaban J connectivity index is 0.000000469. The van der Waals surface area contributed by atoms with Crippen LogP contribution in [0.25, 0.3) is 6.08 Å². The summed E-state index contributed by atoms with van der Waals surface area (Å²) >= 11 is 0. The first kappa shape index (κ1) is 22.9. The molecule has 1 aliphatic rings. The lowest BCUT2D eigenvalue weighted by atomic mass is 9.86. The van der Waals surface area contributed by atoms with Crippen molar-refractivity contribution in [1.82, 2.24) is 0 Å². The van der Waals surface area contributed by atoms with Crippen LogP contribution >= 0.6 is 0 Å². The number of benzene rings is 2. The Labute approximate surface area is 176 Å². The normalized spacial score (nSPS) is 14.2. The molecule has 0 saturated carbocycles. The number of fused-ring (bicyclic) bond motifs is 1. The number of hydrogen-bond acceptors (Lipinski definition) is 4. The molecule has 0 amide bonds. The lowest BCUT2D eigenvalue weighted by Gasteiger charge is -2.28. The number of ether oxygens (including phenoxy) is 1. The number of carboxylic acid groups (broad SMARTS) is 2. The molecule has 0 atom stereocenters. The van der Waals surface area contributed by atoms with Crippen LogP contribution in [-0.2, 0) is 16.0 Å². The molecule has 1 aliphatic heterocycles. The second-order valence-electron chi connectivity index (χ2n) is 7.51. The maximum absolute atomic E-state index is 9.10. The van der Waals surface area contributed by atoms with E-state index >= 15 is 0 Å². The van der Waals surface area contributed by atoms with E-state index in [4.69, 9.17) is 29.5 Å². The minimum Gasteiger partial charge on any atom is -0.494 e. The summed E-state index contributed by atoms with van der Waals surface area (Å²) < 4.78 is 5.80. The molecule has 0 saturated heterocycles. The van der Waals surface area contributed by atoms with Gasteiger partial charge in [-0.15, -0.1) is 0 Å². The maximum atomic E-state index is 9.10. The van der Waals surface area contributed by atoms with E-state index in [1.54, 1.807) is 0 Å². The van der Waals surface area contributed by atoms with Gasteiger partial charge in [-0.3, -0.25) is 4.99 Å². The highest BCUT2D eigenvalue weighted by molar-refractivity contribution is 6.27. The zero-order valence-electron chi connectivity index (χ0n) is 17.5. The summed E-state index contributed by atoms with van der Waals surface area (Å²) in [5.74, 6) is -2.69. The van der Waals surface area contributed by atoms with Crippen molar-refractivity contribution in [3.63, 3.8) is 0 Å². The van der Waals surface area contributed by atoms with E-state index in [1.165, 1.54) is 16.7 Å². The summed E-state index contributed by atoms with van der Waals surface area (Å²) in [5.41, 5.74) is 4.68. The van der Waals surface area contributed by atoms with Crippen molar-refractivity contribution in [2.45, 2.75) is 39.2 Å². The van der Waals surface area contributed by atoms with Crippen LogP contribution < -0.4 is 4.74 Å². The van der Waals surface area contributed by atoms with E-state index in [1.807, 2.05) is 6.07 Å². The molecular formula is C24H27NO5. The Morgan fingerprint density at radius 3 is 2.33 bits per heavy atom. The molecule has 2 N–H and O–H groups in total. The SMILES string of the molecule is CCCOc1ccc2c(c1)CC(C)(C)N=C2C=Cc1ccccc1.O=C(O)C(=O)O. The van der Waals surface area contributed by atoms with Crippen molar-refractivity contribution in [2.75, 3.05) is 6.61 Å². The van der Waals surface area contributed by atoms with Gasteiger partial charge in [0.2, 0.25) is 0 Å². The predicted octanol–water partition coefficient (Wildman–Crippen LogP) is 4.47. The van der Waals surface area contributed by atoms with E-state index in [0.29, 0.717) is 0 Å². The Morgan fingerprint density at radius 2 is 1.73 bits per heavy atom. The van der Waals surface area contributed by atoms with Gasteiger partial charge in [-0.2, -0.15) is 0 Å². The molecule has 2 aromatic rings. The second-order valence-corrected chi connectivity index (χ2v) is 7.51. The first-order chi connectivity index (χ1) is 14.2. The molecular weight excluding hydrogens is 382 g/mol. The van der Waals surface area contributed by atoms with Crippen molar-refractivity contribution in [1.29, 1.82) is 0 Å². The van der Waals surface area contributed by atoms with Crippen molar-refractivity contribution in [2.24, 2.45) is 4.99 Å². The Kier molecular flexibility index (Phi) is 7.92. The number of allylic oxidation sites excluding steroid dienone is 1. The number of carboxylic acids is 2. The van der Waals surface area contributed by atoms with Crippen molar-refractivity contribution in [3.8, 4) is 5.75 Å². The number of nitrogens with zero attached hydrogens (tertiary/aromatic N) is 1. The van der Waals surface area contributed by atoms with Gasteiger partial charge < -0.3 is 14.9 Å². The topological polar surface area (TPSA) is 96.2 Å². The van der Waals surface area contributed by atoms with E-state index < -0.39 is 11.9 Å². The molecule has 0 radical (unpaired) electrons. The predicted molar refractivity (Wildman–Crippen MR) is 117 cm³/mol. The van der Waals surface area contributed by atoms with E-state index in [-0.39, 0.29) is 5.54 Å². The summed E-state index contributed by atoms with van der Waals surface area (Å²) in [6.45, 7) is 7.26. The lowest BCUT2D eigenvalue weighted by molar-refractivity contribution is -0.159. The van der Waals surface area contributed by atoms with Gasteiger partial charge in [0.05, 0.1) is 17.9 Å². The first-order valence-electron chi connectivity index (χ1n) is 9.77. The average Bonchev–Trinajstić information content (AvgIpc) is 2.70. The fraction of sp³-hybridized carbons (Fsp3) is 0.292. The number of rotatable bonds is 5. The smallest absolute Gasteiger partial charge is 0.414 e. The number of hydrogen-bond donors (Lipinski definition) is 2. The lowest BCUT2D eigenvalue weighted by Crippen LogP contribution is -2.28. The fourth-order valence-electron chi connectivity index (χ4n) is 3.03. The van der Waals surface area contributed by atoms with Gasteiger partial charge in [0.15, 0.2) is 0 Å². The summed E-state index contributed by atoms with van der Waals surface area (Å²) in [6.07, 6.45) is 6.22. The molecule has 0 aliphatic carbocycles. The van der Waals surface area contributed by atoms with Gasteiger partial charge in [0.25, 0.3) is 0 Å². The van der Waals surface area contributed by atoms with Crippen LogP contribution in [0.15, 0.2) is 59.6 Å². The summed E-state index contributed by atoms with van der Waals surface area (Å²) in [4.78, 5) is 23.2. The molecule has 0 spiro atoms. The zero-order valence-corrected chi connectivity index (χ0v) is 17.5. The van der Waals surface area contributed by atoms with Gasteiger partial charge in [0.1, 0.15) is 5.75 Å². The average molecular weight is 409 g/mol. The van der Waals surface area contributed by atoms with Crippen LogP contribution in [-0.4, -0.2) is 40.0 Å². The number of aliphatic imine (C=N–C) groups is 1. The standard InChI is InChI=1S/C22H25NO.C2H2O4/c1-4-14-24-19-11-12-20-18(15-19)16-22(2,3)23-21(20)13-10-17-8-6-5-7-9-17;3-1(4)2(5)6/h5-13,15H,4,14,16H2,1-3H3;(H,3,4)(H,5,6). The van der Waals surface area contributed by atoms with Crippen LogP contribution in [0.4, 0.5) is 0 Å². The first-order valence-corrected chi connectivity index (χ1v) is 9.77. The maximum Gasteiger partial charge on any atom is 0.414 e. The highest BCUT2D eigenvalue weighted by Crippen LogP contribution is 2.30. The van der Waals surface area contributed by atoms with Crippen molar-refractivity contribution in [3.05, 3.63) is 71.3 Å². The van der Waals surface area contributed by atoms with E-state index in [0.717, 1.165) is 30.9 Å². The van der Waals surface area contributed by atoms with Crippen molar-refractivity contribution < 1.29 is 24.5 Å². The highest BCUT2D eigenvalue weighted by atomic mass is 16.5. The largest absolute Gasteiger partial charge is 0.494 e. The summed E-state index contributed by atoms with van der Waals surface area (Å²) in [5, 5.41) is 14.8. The Hall–Kier alpha value is -3.41. The summed E-state index contributed by atoms with van der Waals surface area (Å²) in [6, 6.07) is 16.7. The molecule has 30 heavy (non-hydrogen) atoms.